The summed E-state index contributed by atoms with van der Waals surface area (Å²) in [5.41, 5.74) is 3.18. The molecule has 0 radical (unpaired) electrons. The zero-order valence-electron chi connectivity index (χ0n) is 15.5. The van der Waals surface area contributed by atoms with Gasteiger partial charge in [-0.3, -0.25) is 9.69 Å². The summed E-state index contributed by atoms with van der Waals surface area (Å²) >= 11 is 6.48. The number of thiocarbonyl (C=S) groups is 1. The highest BCUT2D eigenvalue weighted by Crippen LogP contribution is 2.34. The van der Waals surface area contributed by atoms with Gasteiger partial charge in [0.1, 0.15) is 10.9 Å². The Kier molecular flexibility index (Phi) is 6.19. The Hall–Kier alpha value is -2.31. The molecule has 3 rings (SSSR count). The van der Waals surface area contributed by atoms with Gasteiger partial charge in [0.2, 0.25) is 0 Å². The van der Waals surface area contributed by atoms with Crippen molar-refractivity contribution in [3.63, 3.8) is 0 Å². The first-order valence-corrected chi connectivity index (χ1v) is 9.87. The lowest BCUT2D eigenvalue weighted by atomic mass is 10.1. The number of likely N-dealkylation sites (N-methyl/N-ethyl adjacent to an activating group) is 1. The lowest BCUT2D eigenvalue weighted by molar-refractivity contribution is -0.121. The standard InChI is InChI=1S/C21H21NO3S2/c1-4-24-18-11-16(12-19-20(23)22(3)21(26)27-19)9-10-17(18)25-13-15-7-5-14(2)6-8-15/h5-12H,4,13H2,1-3H3/b19-12+. The third-order valence-electron chi connectivity index (χ3n) is 4.07. The fourth-order valence-corrected chi connectivity index (χ4v) is 3.72. The summed E-state index contributed by atoms with van der Waals surface area (Å²) in [5, 5.41) is 0. The van der Waals surface area contributed by atoms with E-state index in [4.69, 9.17) is 21.7 Å². The first-order valence-electron chi connectivity index (χ1n) is 8.64. The van der Waals surface area contributed by atoms with Crippen LogP contribution in [0.1, 0.15) is 23.6 Å². The molecule has 6 heteroatoms. The van der Waals surface area contributed by atoms with E-state index in [1.54, 1.807) is 7.05 Å². The smallest absolute Gasteiger partial charge is 0.265 e. The van der Waals surface area contributed by atoms with Crippen molar-refractivity contribution in [2.24, 2.45) is 0 Å². The van der Waals surface area contributed by atoms with E-state index in [1.807, 2.05) is 31.2 Å². The number of hydrogen-bond acceptors (Lipinski definition) is 5. The van der Waals surface area contributed by atoms with E-state index in [1.165, 1.54) is 22.2 Å². The van der Waals surface area contributed by atoms with Gasteiger partial charge in [0.25, 0.3) is 5.91 Å². The Balaban J connectivity index is 1.79. The summed E-state index contributed by atoms with van der Waals surface area (Å²) in [7, 11) is 1.69. The first-order chi connectivity index (χ1) is 13.0. The number of hydrogen-bond donors (Lipinski definition) is 0. The molecule has 0 unspecified atom stereocenters. The Morgan fingerprint density at radius 1 is 1.11 bits per heavy atom. The molecule has 0 atom stereocenters. The van der Waals surface area contributed by atoms with Gasteiger partial charge in [-0.15, -0.1) is 0 Å². The number of carbonyl (C=O) groups excluding carboxylic acids is 1. The van der Waals surface area contributed by atoms with E-state index < -0.39 is 0 Å². The molecule has 0 aliphatic carbocycles. The number of rotatable bonds is 6. The zero-order valence-corrected chi connectivity index (χ0v) is 17.2. The molecule has 2 aromatic carbocycles. The van der Waals surface area contributed by atoms with Crippen molar-refractivity contribution < 1.29 is 14.3 Å². The molecule has 1 amide bonds. The highest BCUT2D eigenvalue weighted by atomic mass is 32.2. The van der Waals surface area contributed by atoms with Crippen LogP contribution in [0.3, 0.4) is 0 Å². The Morgan fingerprint density at radius 3 is 2.48 bits per heavy atom. The largest absolute Gasteiger partial charge is 0.490 e. The second-order valence-electron chi connectivity index (χ2n) is 6.15. The van der Waals surface area contributed by atoms with Crippen molar-refractivity contribution in [1.29, 1.82) is 0 Å². The van der Waals surface area contributed by atoms with E-state index >= 15 is 0 Å². The second kappa shape index (κ2) is 8.59. The van der Waals surface area contributed by atoms with Crippen LogP contribution in [0.5, 0.6) is 11.5 Å². The van der Waals surface area contributed by atoms with Crippen molar-refractivity contribution >= 4 is 40.3 Å². The van der Waals surface area contributed by atoms with Crippen LogP contribution in [0.25, 0.3) is 6.08 Å². The van der Waals surface area contributed by atoms with Gasteiger partial charge >= 0.3 is 0 Å². The molecule has 1 saturated heterocycles. The highest BCUT2D eigenvalue weighted by molar-refractivity contribution is 8.26. The van der Waals surface area contributed by atoms with Crippen LogP contribution in [-0.4, -0.2) is 28.8 Å². The molecule has 0 bridgehead atoms. The van der Waals surface area contributed by atoms with Crippen LogP contribution < -0.4 is 9.47 Å². The highest BCUT2D eigenvalue weighted by Gasteiger charge is 2.28. The fourth-order valence-electron chi connectivity index (χ4n) is 2.54. The van der Waals surface area contributed by atoms with Crippen LogP contribution >= 0.6 is 24.0 Å². The summed E-state index contributed by atoms with van der Waals surface area (Å²) in [6.45, 7) is 4.98. The predicted molar refractivity (Wildman–Crippen MR) is 114 cm³/mol. The van der Waals surface area contributed by atoms with Gasteiger partial charge in [-0.2, -0.15) is 0 Å². The molecule has 4 nitrogen and oxygen atoms in total. The normalized spacial score (nSPS) is 15.5. The Labute approximate surface area is 169 Å². The molecule has 1 fully saturated rings. The molecule has 1 aliphatic rings. The average Bonchev–Trinajstić information content (AvgIpc) is 2.89. The van der Waals surface area contributed by atoms with Gasteiger partial charge in [0.15, 0.2) is 11.5 Å². The summed E-state index contributed by atoms with van der Waals surface area (Å²) in [6, 6.07) is 13.9. The number of aryl methyl sites for hydroxylation is 1. The maximum Gasteiger partial charge on any atom is 0.265 e. The number of benzene rings is 2. The fraction of sp³-hybridized carbons (Fsp3) is 0.238. The van der Waals surface area contributed by atoms with Crippen molar-refractivity contribution in [1.82, 2.24) is 4.90 Å². The van der Waals surface area contributed by atoms with E-state index in [0.717, 1.165) is 11.1 Å². The second-order valence-corrected chi connectivity index (χ2v) is 7.83. The Morgan fingerprint density at radius 2 is 1.85 bits per heavy atom. The van der Waals surface area contributed by atoms with Crippen LogP contribution in [0.2, 0.25) is 0 Å². The van der Waals surface area contributed by atoms with E-state index in [9.17, 15) is 4.79 Å². The van der Waals surface area contributed by atoms with Crippen LogP contribution in [0, 0.1) is 6.92 Å². The summed E-state index contributed by atoms with van der Waals surface area (Å²) < 4.78 is 12.2. The molecular weight excluding hydrogens is 378 g/mol. The number of ether oxygens (including phenoxy) is 2. The van der Waals surface area contributed by atoms with Gasteiger partial charge in [0, 0.05) is 7.05 Å². The average molecular weight is 400 g/mol. The minimum absolute atomic E-state index is 0.0809. The molecule has 1 aliphatic heterocycles. The molecule has 140 valence electrons. The predicted octanol–water partition coefficient (Wildman–Crippen LogP) is 4.80. The van der Waals surface area contributed by atoms with Crippen molar-refractivity contribution in [3.8, 4) is 11.5 Å². The zero-order chi connectivity index (χ0) is 19.4. The van der Waals surface area contributed by atoms with E-state index in [0.29, 0.717) is 33.9 Å². The SMILES string of the molecule is CCOc1cc(/C=C2/SC(=S)N(C)C2=O)ccc1OCc1ccc(C)cc1. The molecule has 27 heavy (non-hydrogen) atoms. The minimum Gasteiger partial charge on any atom is -0.490 e. The third kappa shape index (κ3) is 4.70. The van der Waals surface area contributed by atoms with Crippen LogP contribution in [-0.2, 0) is 11.4 Å². The molecule has 2 aromatic rings. The molecule has 0 aromatic heterocycles. The number of carbonyl (C=O) groups is 1. The van der Waals surface area contributed by atoms with Gasteiger partial charge in [-0.05, 0) is 43.2 Å². The number of amides is 1. The lowest BCUT2D eigenvalue weighted by Gasteiger charge is -2.13. The maximum atomic E-state index is 12.2. The topological polar surface area (TPSA) is 38.8 Å². The first kappa shape index (κ1) is 19.5. The summed E-state index contributed by atoms with van der Waals surface area (Å²) in [4.78, 5) is 14.3. The number of thioether (sulfide) groups is 1. The van der Waals surface area contributed by atoms with Gasteiger partial charge in [0.05, 0.1) is 11.5 Å². The van der Waals surface area contributed by atoms with E-state index in [-0.39, 0.29) is 5.91 Å². The van der Waals surface area contributed by atoms with Crippen LogP contribution in [0.15, 0.2) is 47.4 Å². The quantitative estimate of drug-likeness (QED) is 0.515. The van der Waals surface area contributed by atoms with Crippen molar-refractivity contribution in [2.45, 2.75) is 20.5 Å². The summed E-state index contributed by atoms with van der Waals surface area (Å²) in [5.74, 6) is 1.26. The number of nitrogens with zero attached hydrogens (tertiary/aromatic N) is 1. The van der Waals surface area contributed by atoms with E-state index in [2.05, 4.69) is 31.2 Å². The molecule has 0 spiro atoms. The molecular formula is C21H21NO3S2. The lowest BCUT2D eigenvalue weighted by Crippen LogP contribution is -2.22. The maximum absolute atomic E-state index is 12.2. The monoisotopic (exact) mass is 399 g/mol. The third-order valence-corrected chi connectivity index (χ3v) is 5.55. The molecule has 1 heterocycles. The van der Waals surface area contributed by atoms with Gasteiger partial charge < -0.3 is 9.47 Å². The minimum atomic E-state index is -0.0809. The molecule has 0 saturated carbocycles. The van der Waals surface area contributed by atoms with Gasteiger partial charge in [-0.1, -0.05) is 59.9 Å². The van der Waals surface area contributed by atoms with Gasteiger partial charge in [-0.25, -0.2) is 0 Å². The Bertz CT molecular complexity index is 891. The molecule has 0 N–H and O–H groups in total. The van der Waals surface area contributed by atoms with Crippen molar-refractivity contribution in [2.75, 3.05) is 13.7 Å². The van der Waals surface area contributed by atoms with Crippen molar-refractivity contribution in [3.05, 3.63) is 64.1 Å². The summed E-state index contributed by atoms with van der Waals surface area (Å²) in [6.07, 6.45) is 1.83. The van der Waals surface area contributed by atoms with Crippen LogP contribution in [0.4, 0.5) is 0 Å².